The first-order valence-corrected chi connectivity index (χ1v) is 9.89. The molecule has 1 unspecified atom stereocenters. The standard InChI is InChI=1S/C18H24F3N5O5/c1-11(27)22-13-10-14(26(28)29)17(23-18(13)31-16(21)15(19)20)25-4-2-12(3-5-25)24-6-8-30-9-7-24/h10,12,15-16H,2-9H2,1H3,(H,22,27). The molecule has 1 aromatic rings. The van der Waals surface area contributed by atoms with Crippen LogP contribution >= 0.6 is 0 Å². The average Bonchev–Trinajstić information content (AvgIpc) is 2.74. The smallest absolute Gasteiger partial charge is 0.313 e. The van der Waals surface area contributed by atoms with Gasteiger partial charge in [-0.05, 0) is 12.8 Å². The molecule has 1 aromatic heterocycles. The Morgan fingerprint density at radius 2 is 1.94 bits per heavy atom. The van der Waals surface area contributed by atoms with Gasteiger partial charge in [-0.1, -0.05) is 0 Å². The van der Waals surface area contributed by atoms with E-state index in [-0.39, 0.29) is 11.5 Å². The molecule has 3 heterocycles. The Hall–Kier alpha value is -2.67. The molecular formula is C18H24F3N5O5. The number of anilines is 2. The van der Waals surface area contributed by atoms with Crippen LogP contribution in [0.1, 0.15) is 19.8 Å². The fourth-order valence-corrected chi connectivity index (χ4v) is 3.76. The van der Waals surface area contributed by atoms with E-state index in [1.807, 2.05) is 0 Å². The number of amides is 1. The minimum atomic E-state index is -3.45. The Balaban J connectivity index is 1.85. The van der Waals surface area contributed by atoms with Crippen molar-refractivity contribution in [2.75, 3.05) is 49.6 Å². The summed E-state index contributed by atoms with van der Waals surface area (Å²) in [5, 5.41) is 13.8. The lowest BCUT2D eigenvalue weighted by molar-refractivity contribution is -0.384. The summed E-state index contributed by atoms with van der Waals surface area (Å²) in [6.45, 7) is 4.93. The zero-order chi connectivity index (χ0) is 22.5. The molecule has 0 spiro atoms. The van der Waals surface area contributed by atoms with Crippen molar-refractivity contribution in [3.8, 4) is 5.88 Å². The molecule has 10 nitrogen and oxygen atoms in total. The molecule has 3 rings (SSSR count). The first kappa shape index (κ1) is 23.0. The highest BCUT2D eigenvalue weighted by Gasteiger charge is 2.32. The molecule has 0 saturated carbocycles. The fraction of sp³-hybridized carbons (Fsp3) is 0.667. The summed E-state index contributed by atoms with van der Waals surface area (Å²) < 4.78 is 48.8. The molecule has 2 saturated heterocycles. The number of alkyl halides is 3. The lowest BCUT2D eigenvalue weighted by atomic mass is 10.0. The predicted octanol–water partition coefficient (Wildman–Crippen LogP) is 2.19. The van der Waals surface area contributed by atoms with Crippen LogP contribution in [0.25, 0.3) is 0 Å². The van der Waals surface area contributed by atoms with Crippen molar-refractivity contribution in [1.29, 1.82) is 0 Å². The topological polar surface area (TPSA) is 110 Å². The van der Waals surface area contributed by atoms with Crippen molar-refractivity contribution >= 4 is 23.1 Å². The van der Waals surface area contributed by atoms with Crippen molar-refractivity contribution in [2.24, 2.45) is 0 Å². The maximum absolute atomic E-state index is 13.5. The first-order chi connectivity index (χ1) is 14.8. The van der Waals surface area contributed by atoms with E-state index in [4.69, 9.17) is 4.74 Å². The minimum Gasteiger partial charge on any atom is -0.435 e. The summed E-state index contributed by atoms with van der Waals surface area (Å²) in [6.07, 6.45) is -5.02. The quantitative estimate of drug-likeness (QED) is 0.500. The molecule has 0 bridgehead atoms. The van der Waals surface area contributed by atoms with E-state index in [1.54, 1.807) is 4.90 Å². The summed E-state index contributed by atoms with van der Waals surface area (Å²) in [4.78, 5) is 30.3. The predicted molar refractivity (Wildman–Crippen MR) is 104 cm³/mol. The van der Waals surface area contributed by atoms with E-state index in [0.29, 0.717) is 45.2 Å². The molecule has 0 aliphatic carbocycles. The molecule has 0 radical (unpaired) electrons. The second-order valence-electron chi connectivity index (χ2n) is 7.29. The van der Waals surface area contributed by atoms with Crippen LogP contribution < -0.4 is 15.0 Å². The van der Waals surface area contributed by atoms with Crippen molar-refractivity contribution < 1.29 is 32.4 Å². The number of nitro groups is 1. The number of aromatic nitrogens is 1. The van der Waals surface area contributed by atoms with Gasteiger partial charge in [-0.2, -0.15) is 9.37 Å². The van der Waals surface area contributed by atoms with Crippen LogP contribution in [-0.2, 0) is 9.53 Å². The van der Waals surface area contributed by atoms with E-state index in [0.717, 1.165) is 26.1 Å². The second-order valence-corrected chi connectivity index (χ2v) is 7.29. The Morgan fingerprint density at radius 1 is 1.29 bits per heavy atom. The molecular weight excluding hydrogens is 423 g/mol. The zero-order valence-electron chi connectivity index (χ0n) is 16.9. The first-order valence-electron chi connectivity index (χ1n) is 9.89. The van der Waals surface area contributed by atoms with Crippen LogP contribution in [0.5, 0.6) is 5.88 Å². The van der Waals surface area contributed by atoms with Gasteiger partial charge in [-0.25, -0.2) is 8.78 Å². The van der Waals surface area contributed by atoms with Crippen LogP contribution in [0.15, 0.2) is 6.07 Å². The number of ether oxygens (including phenoxy) is 2. The number of carbonyl (C=O) groups excluding carboxylic acids is 1. The maximum Gasteiger partial charge on any atom is 0.313 e. The molecule has 2 fully saturated rings. The average molecular weight is 447 g/mol. The van der Waals surface area contributed by atoms with Crippen molar-refractivity contribution in [2.45, 2.75) is 38.6 Å². The Bertz CT molecular complexity index is 801. The number of piperidine rings is 1. The second kappa shape index (κ2) is 10.1. The van der Waals surface area contributed by atoms with Gasteiger partial charge in [-0.3, -0.25) is 19.8 Å². The van der Waals surface area contributed by atoms with Crippen LogP contribution in [-0.4, -0.2) is 78.9 Å². The number of carbonyl (C=O) groups is 1. The van der Waals surface area contributed by atoms with Crippen molar-refractivity contribution in [3.63, 3.8) is 0 Å². The van der Waals surface area contributed by atoms with E-state index in [9.17, 15) is 28.1 Å². The largest absolute Gasteiger partial charge is 0.435 e. The maximum atomic E-state index is 13.5. The van der Waals surface area contributed by atoms with Gasteiger partial charge in [0.15, 0.2) is 0 Å². The SMILES string of the molecule is CC(=O)Nc1cc([N+](=O)[O-])c(N2CCC(N3CCOCC3)CC2)nc1OC(F)C(F)F. The highest BCUT2D eigenvalue weighted by Crippen LogP contribution is 2.37. The molecule has 13 heteroatoms. The Labute approximate surface area is 176 Å². The number of hydrogen-bond acceptors (Lipinski definition) is 8. The molecule has 1 amide bonds. The number of nitrogens with one attached hydrogen (secondary N) is 1. The van der Waals surface area contributed by atoms with Gasteiger partial charge in [0.1, 0.15) is 5.69 Å². The van der Waals surface area contributed by atoms with Gasteiger partial charge in [-0.15, -0.1) is 0 Å². The Kier molecular flexibility index (Phi) is 7.49. The number of rotatable bonds is 7. The highest BCUT2D eigenvalue weighted by molar-refractivity contribution is 5.91. The van der Waals surface area contributed by atoms with Crippen LogP contribution in [0.4, 0.5) is 30.4 Å². The van der Waals surface area contributed by atoms with E-state index in [2.05, 4.69) is 19.9 Å². The van der Waals surface area contributed by atoms with Gasteiger partial charge in [0.25, 0.3) is 6.36 Å². The third kappa shape index (κ3) is 5.73. The monoisotopic (exact) mass is 447 g/mol. The van der Waals surface area contributed by atoms with Gasteiger partial charge >= 0.3 is 12.1 Å². The Morgan fingerprint density at radius 3 is 2.48 bits per heavy atom. The molecule has 2 aliphatic rings. The molecule has 31 heavy (non-hydrogen) atoms. The number of hydrogen-bond donors (Lipinski definition) is 1. The zero-order valence-corrected chi connectivity index (χ0v) is 16.9. The third-order valence-corrected chi connectivity index (χ3v) is 5.20. The van der Waals surface area contributed by atoms with Gasteiger partial charge in [0, 0.05) is 45.2 Å². The molecule has 1 atom stereocenters. The molecule has 1 N–H and O–H groups in total. The van der Waals surface area contributed by atoms with Crippen molar-refractivity contribution in [1.82, 2.24) is 9.88 Å². The van der Waals surface area contributed by atoms with E-state index < -0.39 is 35.2 Å². The summed E-state index contributed by atoms with van der Waals surface area (Å²) >= 11 is 0. The summed E-state index contributed by atoms with van der Waals surface area (Å²) in [7, 11) is 0. The van der Waals surface area contributed by atoms with Crippen LogP contribution in [0.2, 0.25) is 0 Å². The summed E-state index contributed by atoms with van der Waals surface area (Å²) in [6, 6.07) is 1.24. The minimum absolute atomic E-state index is 0.115. The number of halogens is 3. The van der Waals surface area contributed by atoms with Crippen molar-refractivity contribution in [3.05, 3.63) is 16.2 Å². The molecule has 172 valence electrons. The fourth-order valence-electron chi connectivity index (χ4n) is 3.76. The van der Waals surface area contributed by atoms with E-state index >= 15 is 0 Å². The van der Waals surface area contributed by atoms with E-state index in [1.165, 1.54) is 0 Å². The lowest BCUT2D eigenvalue weighted by Gasteiger charge is -2.40. The van der Waals surface area contributed by atoms with Crippen LogP contribution in [0.3, 0.4) is 0 Å². The van der Waals surface area contributed by atoms with Gasteiger partial charge < -0.3 is 19.7 Å². The molecule has 2 aliphatic heterocycles. The third-order valence-electron chi connectivity index (χ3n) is 5.20. The normalized spacial score (nSPS) is 19.3. The lowest BCUT2D eigenvalue weighted by Crippen LogP contribution is -2.49. The number of nitrogens with zero attached hydrogens (tertiary/aromatic N) is 4. The summed E-state index contributed by atoms with van der Waals surface area (Å²) in [5.74, 6) is -1.40. The summed E-state index contributed by atoms with van der Waals surface area (Å²) in [5.41, 5.74) is -0.789. The molecule has 0 aromatic carbocycles. The van der Waals surface area contributed by atoms with Gasteiger partial charge in [0.05, 0.1) is 18.1 Å². The number of pyridine rings is 1. The van der Waals surface area contributed by atoms with Crippen LogP contribution in [0, 0.1) is 10.1 Å². The van der Waals surface area contributed by atoms with Gasteiger partial charge in [0.2, 0.25) is 17.6 Å². The highest BCUT2D eigenvalue weighted by atomic mass is 19.3. The number of morpholine rings is 1.